The van der Waals surface area contributed by atoms with Crippen LogP contribution in [0.1, 0.15) is 48.2 Å². The Morgan fingerprint density at radius 2 is 1.82 bits per heavy atom. The fourth-order valence-electron chi connectivity index (χ4n) is 7.74. The second-order valence-electron chi connectivity index (χ2n) is 12.9. The number of nitrogens with two attached hydrogens (primary N) is 2. The highest BCUT2D eigenvalue weighted by molar-refractivity contribution is 6.14. The number of rotatable bonds is 9. The molecule has 234 valence electrons. The van der Waals surface area contributed by atoms with Gasteiger partial charge in [-0.1, -0.05) is 36.4 Å². The van der Waals surface area contributed by atoms with Gasteiger partial charge in [-0.2, -0.15) is 0 Å². The van der Waals surface area contributed by atoms with Crippen molar-refractivity contribution < 1.29 is 29.6 Å². The zero-order valence-electron chi connectivity index (χ0n) is 25.8. The van der Waals surface area contributed by atoms with Gasteiger partial charge in [0.05, 0.1) is 23.1 Å². The van der Waals surface area contributed by atoms with Gasteiger partial charge in [0, 0.05) is 17.7 Å². The van der Waals surface area contributed by atoms with Gasteiger partial charge < -0.3 is 31.5 Å². The first-order valence-electron chi connectivity index (χ1n) is 15.1. The molecule has 3 aliphatic carbocycles. The summed E-state index contributed by atoms with van der Waals surface area (Å²) in [5.41, 5.74) is 15.6. The number of phenolic OH excluding ortho intramolecular Hbond substituents is 1. The first-order chi connectivity index (χ1) is 20.8. The minimum atomic E-state index is -1.01. The Bertz CT molecular complexity index is 1550. The highest BCUT2D eigenvalue weighted by Crippen LogP contribution is 2.53. The maximum absolute atomic E-state index is 14.2. The van der Waals surface area contributed by atoms with Crippen molar-refractivity contribution in [2.24, 2.45) is 29.2 Å². The second-order valence-corrected chi connectivity index (χ2v) is 12.9. The van der Waals surface area contributed by atoms with Crippen LogP contribution in [0.2, 0.25) is 0 Å². The van der Waals surface area contributed by atoms with Crippen molar-refractivity contribution in [3.8, 4) is 16.9 Å². The van der Waals surface area contributed by atoms with Crippen molar-refractivity contribution in [1.29, 1.82) is 0 Å². The van der Waals surface area contributed by atoms with Crippen LogP contribution in [0.15, 0.2) is 71.7 Å². The standard InChI is InChI=1S/C35H43N3O6/c1-6-14-35(3,37)17-18-8-10-19(11-9-18)21-12-13-24(39)26-22(21)15-20-16-23-27(31(41)25(20)30(26)40)33(44-7-2)28(34(36)43)32(42)29(23)38(4)5/h6,8-13,20,23,27,29,33,39,41-42H,1,7,14-17,37H2,2-5H3,(H2,36,43)/t20?,23?,27?,29-,33?,35?/m0/s1. The van der Waals surface area contributed by atoms with Gasteiger partial charge in [0.1, 0.15) is 23.4 Å². The largest absolute Gasteiger partial charge is 0.511 e. The number of hydrogen-bond donors (Lipinski definition) is 5. The van der Waals surface area contributed by atoms with E-state index in [4.69, 9.17) is 16.2 Å². The molecule has 0 aromatic heterocycles. The van der Waals surface area contributed by atoms with Gasteiger partial charge in [0.25, 0.3) is 5.91 Å². The lowest BCUT2D eigenvalue weighted by Gasteiger charge is -2.49. The van der Waals surface area contributed by atoms with Crippen LogP contribution in [-0.4, -0.2) is 70.3 Å². The molecule has 0 bridgehead atoms. The predicted molar refractivity (Wildman–Crippen MR) is 169 cm³/mol. The van der Waals surface area contributed by atoms with Crippen LogP contribution in [0.4, 0.5) is 0 Å². The number of aromatic hydroxyl groups is 1. The fourth-order valence-corrected chi connectivity index (χ4v) is 7.74. The minimum absolute atomic E-state index is 0.0888. The summed E-state index contributed by atoms with van der Waals surface area (Å²) in [6.45, 7) is 7.75. The van der Waals surface area contributed by atoms with E-state index in [0.29, 0.717) is 31.2 Å². The number of carbonyl (C=O) groups is 2. The van der Waals surface area contributed by atoms with Crippen molar-refractivity contribution in [2.45, 2.75) is 57.2 Å². The van der Waals surface area contributed by atoms with Crippen molar-refractivity contribution in [3.05, 3.63) is 88.4 Å². The molecule has 7 N–H and O–H groups in total. The number of amides is 1. The number of allylic oxidation sites excluding steroid dienone is 1. The summed E-state index contributed by atoms with van der Waals surface area (Å²) < 4.78 is 5.93. The van der Waals surface area contributed by atoms with Crippen LogP contribution in [-0.2, 0) is 22.4 Å². The topological polar surface area (TPSA) is 159 Å². The molecule has 0 saturated carbocycles. The van der Waals surface area contributed by atoms with E-state index in [1.54, 1.807) is 25.9 Å². The van der Waals surface area contributed by atoms with Crippen LogP contribution < -0.4 is 11.5 Å². The van der Waals surface area contributed by atoms with Crippen molar-refractivity contribution in [1.82, 2.24) is 4.90 Å². The lowest BCUT2D eigenvalue weighted by molar-refractivity contribution is -0.118. The number of nitrogens with zero attached hydrogens (tertiary/aromatic N) is 1. The monoisotopic (exact) mass is 601 g/mol. The summed E-state index contributed by atoms with van der Waals surface area (Å²) >= 11 is 0. The fraction of sp³-hybridized carbons (Fsp3) is 0.429. The maximum Gasteiger partial charge on any atom is 0.250 e. The molecule has 3 aliphatic rings. The highest BCUT2D eigenvalue weighted by Gasteiger charge is 2.55. The average molecular weight is 602 g/mol. The summed E-state index contributed by atoms with van der Waals surface area (Å²) in [6.07, 6.45) is 3.03. The van der Waals surface area contributed by atoms with Crippen LogP contribution >= 0.6 is 0 Å². The van der Waals surface area contributed by atoms with E-state index in [2.05, 4.69) is 6.58 Å². The number of carbonyl (C=O) groups excluding carboxylic acids is 2. The third-order valence-corrected chi connectivity index (χ3v) is 9.45. The Morgan fingerprint density at radius 1 is 1.14 bits per heavy atom. The summed E-state index contributed by atoms with van der Waals surface area (Å²) in [5, 5.41) is 34.1. The minimum Gasteiger partial charge on any atom is -0.511 e. The molecule has 0 fully saturated rings. The number of benzene rings is 2. The zero-order chi connectivity index (χ0) is 32.1. The molecule has 0 aliphatic heterocycles. The molecule has 2 aromatic rings. The Balaban J connectivity index is 1.59. The first kappa shape index (κ1) is 31.5. The first-order valence-corrected chi connectivity index (χ1v) is 15.1. The van der Waals surface area contributed by atoms with Crippen LogP contribution in [0, 0.1) is 17.8 Å². The smallest absolute Gasteiger partial charge is 0.250 e. The number of fused-ring (bicyclic) bond motifs is 3. The molecule has 1 amide bonds. The molecule has 0 heterocycles. The lowest BCUT2D eigenvalue weighted by atomic mass is 9.60. The van der Waals surface area contributed by atoms with E-state index in [0.717, 1.165) is 16.7 Å². The van der Waals surface area contributed by atoms with Crippen LogP contribution in [0.5, 0.6) is 5.75 Å². The quantitative estimate of drug-likeness (QED) is 0.265. The third-order valence-electron chi connectivity index (χ3n) is 9.45. The molecular formula is C35H43N3O6. The highest BCUT2D eigenvalue weighted by atomic mass is 16.5. The van der Waals surface area contributed by atoms with Gasteiger partial charge in [0.2, 0.25) is 0 Å². The number of aliphatic hydroxyl groups excluding tert-OH is 2. The number of ether oxygens (including phenoxy) is 1. The van der Waals surface area contributed by atoms with E-state index in [-0.39, 0.29) is 52.4 Å². The predicted octanol–water partition coefficient (Wildman–Crippen LogP) is 4.34. The number of hydrogen-bond acceptors (Lipinski definition) is 8. The van der Waals surface area contributed by atoms with Crippen molar-refractivity contribution >= 4 is 11.7 Å². The Morgan fingerprint density at radius 3 is 2.41 bits per heavy atom. The molecule has 0 radical (unpaired) electrons. The molecule has 2 aromatic carbocycles. The van der Waals surface area contributed by atoms with E-state index in [9.17, 15) is 24.9 Å². The van der Waals surface area contributed by atoms with Crippen molar-refractivity contribution in [3.63, 3.8) is 0 Å². The zero-order valence-corrected chi connectivity index (χ0v) is 25.8. The second kappa shape index (κ2) is 11.9. The molecule has 5 rings (SSSR count). The molecule has 5 unspecified atom stereocenters. The Labute approximate surface area is 258 Å². The number of primary amides is 1. The van der Waals surface area contributed by atoms with Gasteiger partial charge in [-0.25, -0.2) is 0 Å². The summed E-state index contributed by atoms with van der Waals surface area (Å²) in [5.74, 6) is -3.28. The average Bonchev–Trinajstić information content (AvgIpc) is 2.93. The molecule has 9 nitrogen and oxygen atoms in total. The molecule has 0 spiro atoms. The molecule has 44 heavy (non-hydrogen) atoms. The van der Waals surface area contributed by atoms with Crippen LogP contribution in [0.3, 0.4) is 0 Å². The van der Waals surface area contributed by atoms with Gasteiger partial charge >= 0.3 is 0 Å². The van der Waals surface area contributed by atoms with Crippen molar-refractivity contribution in [2.75, 3.05) is 20.7 Å². The van der Waals surface area contributed by atoms with E-state index < -0.39 is 35.3 Å². The number of likely N-dealkylation sites (N-methyl/N-ethyl adjacent to an activating group) is 1. The molecule has 0 saturated heterocycles. The molecule has 9 heteroatoms. The number of phenols is 1. The van der Waals surface area contributed by atoms with Gasteiger partial charge in [-0.05, 0) is 93.8 Å². The normalized spacial score (nSPS) is 26.1. The van der Waals surface area contributed by atoms with Gasteiger partial charge in [-0.3, -0.25) is 14.5 Å². The maximum atomic E-state index is 14.2. The third kappa shape index (κ3) is 5.33. The van der Waals surface area contributed by atoms with E-state index in [1.807, 2.05) is 43.3 Å². The number of ketones is 1. The summed E-state index contributed by atoms with van der Waals surface area (Å²) in [4.78, 5) is 28.5. The van der Waals surface area contributed by atoms with E-state index in [1.165, 1.54) is 6.07 Å². The molecule has 6 atom stereocenters. The number of Topliss-reactive ketones (excluding diaryl/α,β-unsaturated/α-hetero) is 1. The van der Waals surface area contributed by atoms with Crippen LogP contribution in [0.25, 0.3) is 11.1 Å². The Kier molecular flexibility index (Phi) is 8.50. The SMILES string of the molecule is C=CCC(C)(N)Cc1ccc(-c2ccc(O)c3c2CC2CC4C(C(O)=C2C3=O)C(OCC)C(C(N)=O)=C(O)[C@H]4N(C)C)cc1. The van der Waals surface area contributed by atoms with Gasteiger partial charge in [-0.15, -0.1) is 6.58 Å². The lowest BCUT2D eigenvalue weighted by Crippen LogP contribution is -2.55. The van der Waals surface area contributed by atoms with Gasteiger partial charge in [0.15, 0.2) is 5.78 Å². The molecular weight excluding hydrogens is 558 g/mol. The Hall–Kier alpha value is -3.92. The summed E-state index contributed by atoms with van der Waals surface area (Å²) in [6, 6.07) is 10.8. The number of aliphatic hydroxyl groups is 2. The van der Waals surface area contributed by atoms with E-state index >= 15 is 0 Å². The summed E-state index contributed by atoms with van der Waals surface area (Å²) in [7, 11) is 3.58.